The molecule has 1 fully saturated rings. The summed E-state index contributed by atoms with van der Waals surface area (Å²) in [6, 6.07) is 10.9. The minimum atomic E-state index is 0.369. The maximum Gasteiger partial charge on any atom is 0.0645 e. The topological polar surface area (TPSA) is 61.8 Å². The van der Waals surface area contributed by atoms with Crippen molar-refractivity contribution in [2.75, 3.05) is 19.6 Å². The van der Waals surface area contributed by atoms with Gasteiger partial charge in [-0.05, 0) is 23.8 Å². The van der Waals surface area contributed by atoms with Crippen molar-refractivity contribution in [3.05, 3.63) is 66.2 Å². The molecule has 23 heavy (non-hydrogen) atoms. The standard InChI is InChI=1S/C17H20N6/c1-6-21-23(8-1)16-4-2-14(3-5-16)13-22-9-7-18-12-17(22)15-10-19-20-11-15/h1-6,8,10-11,17-18H,7,9,12-13H2,(H,19,20). The predicted molar refractivity (Wildman–Crippen MR) is 88.2 cm³/mol. The first-order valence-corrected chi connectivity index (χ1v) is 7.92. The van der Waals surface area contributed by atoms with Crippen LogP contribution >= 0.6 is 0 Å². The molecule has 2 N–H and O–H groups in total. The second kappa shape index (κ2) is 6.36. The van der Waals surface area contributed by atoms with Crippen molar-refractivity contribution in [1.82, 2.24) is 30.2 Å². The normalized spacial score (nSPS) is 19.0. The Morgan fingerprint density at radius 3 is 2.87 bits per heavy atom. The van der Waals surface area contributed by atoms with E-state index in [0.29, 0.717) is 6.04 Å². The van der Waals surface area contributed by atoms with Gasteiger partial charge in [0.2, 0.25) is 0 Å². The Bertz CT molecular complexity index is 717. The molecule has 0 aliphatic carbocycles. The molecule has 1 aromatic carbocycles. The first-order chi connectivity index (χ1) is 11.4. The number of nitrogens with one attached hydrogen (secondary N) is 2. The second-order valence-electron chi connectivity index (χ2n) is 5.84. The lowest BCUT2D eigenvalue weighted by Crippen LogP contribution is -2.45. The monoisotopic (exact) mass is 308 g/mol. The molecule has 6 nitrogen and oxygen atoms in total. The first-order valence-electron chi connectivity index (χ1n) is 7.92. The van der Waals surface area contributed by atoms with Crippen molar-refractivity contribution < 1.29 is 0 Å². The van der Waals surface area contributed by atoms with Crippen LogP contribution in [0.25, 0.3) is 5.69 Å². The molecular weight excluding hydrogens is 288 g/mol. The van der Waals surface area contributed by atoms with Gasteiger partial charge in [-0.1, -0.05) is 12.1 Å². The van der Waals surface area contributed by atoms with Crippen LogP contribution in [0.3, 0.4) is 0 Å². The van der Waals surface area contributed by atoms with E-state index in [1.165, 1.54) is 11.1 Å². The van der Waals surface area contributed by atoms with Gasteiger partial charge in [0, 0.05) is 50.3 Å². The van der Waals surface area contributed by atoms with Crippen molar-refractivity contribution in [2.45, 2.75) is 12.6 Å². The molecule has 3 heterocycles. The molecule has 0 amide bonds. The Balaban J connectivity index is 1.50. The molecule has 6 heteroatoms. The fraction of sp³-hybridized carbons (Fsp3) is 0.294. The molecule has 4 rings (SSSR count). The zero-order valence-electron chi connectivity index (χ0n) is 12.9. The van der Waals surface area contributed by atoms with Crippen molar-refractivity contribution in [2.24, 2.45) is 0 Å². The first kappa shape index (κ1) is 14.2. The molecular formula is C17H20N6. The van der Waals surface area contributed by atoms with E-state index in [4.69, 9.17) is 0 Å². The van der Waals surface area contributed by atoms with Crippen LogP contribution in [0.1, 0.15) is 17.2 Å². The minimum absolute atomic E-state index is 0.369. The van der Waals surface area contributed by atoms with Gasteiger partial charge < -0.3 is 5.32 Å². The van der Waals surface area contributed by atoms with E-state index in [2.05, 4.69) is 49.8 Å². The quantitative estimate of drug-likeness (QED) is 0.771. The molecule has 1 unspecified atom stereocenters. The number of H-pyrrole nitrogens is 1. The summed E-state index contributed by atoms with van der Waals surface area (Å²) in [6.07, 6.45) is 7.67. The summed E-state index contributed by atoms with van der Waals surface area (Å²) in [5, 5.41) is 14.7. The molecule has 1 saturated heterocycles. The van der Waals surface area contributed by atoms with E-state index in [1.54, 1.807) is 6.20 Å². The van der Waals surface area contributed by atoms with Crippen molar-refractivity contribution >= 4 is 0 Å². The van der Waals surface area contributed by atoms with Crippen LogP contribution in [0.2, 0.25) is 0 Å². The Labute approximate surface area is 135 Å². The van der Waals surface area contributed by atoms with Crippen LogP contribution in [-0.4, -0.2) is 44.5 Å². The van der Waals surface area contributed by atoms with Gasteiger partial charge in [-0.3, -0.25) is 10.00 Å². The van der Waals surface area contributed by atoms with Crippen molar-refractivity contribution in [3.63, 3.8) is 0 Å². The van der Waals surface area contributed by atoms with E-state index in [-0.39, 0.29) is 0 Å². The molecule has 0 spiro atoms. The van der Waals surface area contributed by atoms with Gasteiger partial charge in [0.1, 0.15) is 0 Å². The second-order valence-corrected chi connectivity index (χ2v) is 5.84. The van der Waals surface area contributed by atoms with Crippen LogP contribution in [0.15, 0.2) is 55.1 Å². The lowest BCUT2D eigenvalue weighted by molar-refractivity contribution is 0.154. The highest BCUT2D eigenvalue weighted by atomic mass is 15.3. The van der Waals surface area contributed by atoms with E-state index < -0.39 is 0 Å². The van der Waals surface area contributed by atoms with E-state index in [1.807, 2.05) is 29.3 Å². The van der Waals surface area contributed by atoms with Gasteiger partial charge >= 0.3 is 0 Å². The van der Waals surface area contributed by atoms with Crippen LogP contribution in [0.4, 0.5) is 0 Å². The van der Waals surface area contributed by atoms with Gasteiger partial charge in [0.25, 0.3) is 0 Å². The number of piperazine rings is 1. The van der Waals surface area contributed by atoms with Crippen molar-refractivity contribution in [3.8, 4) is 5.69 Å². The Kier molecular flexibility index (Phi) is 3.92. The summed E-state index contributed by atoms with van der Waals surface area (Å²) in [5.74, 6) is 0. The largest absolute Gasteiger partial charge is 0.314 e. The average Bonchev–Trinajstić information content (AvgIpc) is 3.30. The van der Waals surface area contributed by atoms with Crippen LogP contribution in [0, 0.1) is 0 Å². The molecule has 3 aromatic rings. The molecule has 118 valence electrons. The maximum absolute atomic E-state index is 4.27. The molecule has 2 aromatic heterocycles. The number of benzene rings is 1. The van der Waals surface area contributed by atoms with Gasteiger partial charge in [-0.25, -0.2) is 4.68 Å². The van der Waals surface area contributed by atoms with Crippen molar-refractivity contribution in [1.29, 1.82) is 0 Å². The fourth-order valence-corrected chi connectivity index (χ4v) is 3.12. The lowest BCUT2D eigenvalue weighted by atomic mass is 10.1. The number of rotatable bonds is 4. The van der Waals surface area contributed by atoms with Gasteiger partial charge in [0.15, 0.2) is 0 Å². The molecule has 1 aliphatic heterocycles. The molecule has 0 saturated carbocycles. The summed E-state index contributed by atoms with van der Waals surface area (Å²) < 4.78 is 1.88. The molecule has 1 aliphatic rings. The third-order valence-electron chi connectivity index (χ3n) is 4.35. The number of hydrogen-bond acceptors (Lipinski definition) is 4. The van der Waals surface area contributed by atoms with Crippen LogP contribution in [-0.2, 0) is 6.54 Å². The third-order valence-corrected chi connectivity index (χ3v) is 4.35. The SMILES string of the molecule is c1cnn(-c2ccc(CN3CCNCC3c3cn[nH]c3)cc2)c1. The van der Waals surface area contributed by atoms with Gasteiger partial charge in [0.05, 0.1) is 17.9 Å². The summed E-state index contributed by atoms with van der Waals surface area (Å²) in [7, 11) is 0. The zero-order valence-corrected chi connectivity index (χ0v) is 12.9. The maximum atomic E-state index is 4.27. The smallest absolute Gasteiger partial charge is 0.0645 e. The highest BCUT2D eigenvalue weighted by Crippen LogP contribution is 2.23. The average molecular weight is 308 g/mol. The molecule has 0 bridgehead atoms. The van der Waals surface area contributed by atoms with E-state index in [9.17, 15) is 0 Å². The number of aromatic amines is 1. The van der Waals surface area contributed by atoms with Crippen LogP contribution in [0.5, 0.6) is 0 Å². The summed E-state index contributed by atoms with van der Waals surface area (Å²) in [5.41, 5.74) is 3.65. The molecule has 0 radical (unpaired) electrons. The van der Waals surface area contributed by atoms with Gasteiger partial charge in [-0.15, -0.1) is 0 Å². The lowest BCUT2D eigenvalue weighted by Gasteiger charge is -2.35. The fourth-order valence-electron chi connectivity index (χ4n) is 3.12. The number of aromatic nitrogens is 4. The van der Waals surface area contributed by atoms with Crippen LogP contribution < -0.4 is 5.32 Å². The summed E-state index contributed by atoms with van der Waals surface area (Å²) in [6.45, 7) is 3.97. The Hall–Kier alpha value is -2.44. The Morgan fingerprint density at radius 2 is 2.13 bits per heavy atom. The zero-order chi connectivity index (χ0) is 15.5. The Morgan fingerprint density at radius 1 is 1.22 bits per heavy atom. The molecule has 1 atom stereocenters. The predicted octanol–water partition coefficient (Wildman–Crippen LogP) is 1.74. The highest BCUT2D eigenvalue weighted by molar-refractivity contribution is 5.33. The van der Waals surface area contributed by atoms with E-state index >= 15 is 0 Å². The summed E-state index contributed by atoms with van der Waals surface area (Å²) in [4.78, 5) is 2.50. The number of nitrogens with zero attached hydrogens (tertiary/aromatic N) is 4. The third kappa shape index (κ3) is 3.04. The summed E-state index contributed by atoms with van der Waals surface area (Å²) >= 11 is 0. The minimum Gasteiger partial charge on any atom is -0.314 e. The highest BCUT2D eigenvalue weighted by Gasteiger charge is 2.24. The van der Waals surface area contributed by atoms with Gasteiger partial charge in [-0.2, -0.15) is 10.2 Å². The number of hydrogen-bond donors (Lipinski definition) is 2. The van der Waals surface area contributed by atoms with E-state index in [0.717, 1.165) is 31.9 Å².